The highest BCUT2D eigenvalue weighted by Gasteiger charge is 2.33. The van der Waals surface area contributed by atoms with E-state index < -0.39 is 5.82 Å². The number of fused-ring (bicyclic) bond motifs is 4. The van der Waals surface area contributed by atoms with Crippen molar-refractivity contribution in [3.8, 4) is 17.1 Å². The summed E-state index contributed by atoms with van der Waals surface area (Å²) in [7, 11) is 0. The van der Waals surface area contributed by atoms with Gasteiger partial charge in [0.1, 0.15) is 35.2 Å². The van der Waals surface area contributed by atoms with Crippen molar-refractivity contribution in [3.63, 3.8) is 0 Å². The van der Waals surface area contributed by atoms with Gasteiger partial charge in [-0.2, -0.15) is 0 Å². The minimum Gasteiger partial charge on any atom is -0.487 e. The minimum absolute atomic E-state index is 0.0718. The molecule has 0 atom stereocenters. The van der Waals surface area contributed by atoms with Crippen LogP contribution < -0.4 is 4.74 Å². The predicted octanol–water partition coefficient (Wildman–Crippen LogP) is 4.56. The Morgan fingerprint density at radius 2 is 1.81 bits per heavy atom. The van der Waals surface area contributed by atoms with Crippen LogP contribution in [0.15, 0.2) is 60.8 Å². The van der Waals surface area contributed by atoms with E-state index >= 15 is 0 Å². The highest BCUT2D eigenvalue weighted by atomic mass is 19.1. The molecular formula is C21H12F2N2O2. The van der Waals surface area contributed by atoms with Crippen LogP contribution in [0.4, 0.5) is 8.78 Å². The Hall–Kier alpha value is -3.54. The average Bonchev–Trinajstić information content (AvgIpc) is 3.24. The van der Waals surface area contributed by atoms with Crippen molar-refractivity contribution in [2.45, 2.75) is 6.61 Å². The van der Waals surface area contributed by atoms with Crippen molar-refractivity contribution in [3.05, 3.63) is 83.6 Å². The summed E-state index contributed by atoms with van der Waals surface area (Å²) >= 11 is 0. The first kappa shape index (κ1) is 15.7. The molecule has 5 rings (SSSR count). The van der Waals surface area contributed by atoms with Gasteiger partial charge in [-0.3, -0.25) is 9.36 Å². The molecule has 4 aromatic rings. The van der Waals surface area contributed by atoms with E-state index in [4.69, 9.17) is 4.74 Å². The topological polar surface area (TPSA) is 44.1 Å². The van der Waals surface area contributed by atoms with E-state index in [1.54, 1.807) is 42.6 Å². The van der Waals surface area contributed by atoms with Crippen LogP contribution in [0.3, 0.4) is 0 Å². The maximum atomic E-state index is 14.6. The van der Waals surface area contributed by atoms with E-state index in [0.29, 0.717) is 22.5 Å². The van der Waals surface area contributed by atoms with Gasteiger partial charge in [-0.25, -0.2) is 13.8 Å². The molecule has 2 aromatic carbocycles. The van der Waals surface area contributed by atoms with Gasteiger partial charge in [-0.15, -0.1) is 0 Å². The summed E-state index contributed by atoms with van der Waals surface area (Å²) in [5.74, 6) is -1.02. The Labute approximate surface area is 152 Å². The molecule has 0 amide bonds. The normalized spacial score (nSPS) is 12.3. The Bertz CT molecular complexity index is 1210. The SMILES string of the molecule is O=C1c2c(nc3cccc(F)c3c2OCc2ccc(F)cc2)-c2cccn21. The zero-order chi connectivity index (χ0) is 18.5. The maximum Gasteiger partial charge on any atom is 0.268 e. The third-order valence-electron chi connectivity index (χ3n) is 4.64. The number of hydrogen-bond acceptors (Lipinski definition) is 3. The van der Waals surface area contributed by atoms with Crippen LogP contribution in [0.25, 0.3) is 22.3 Å². The van der Waals surface area contributed by atoms with Crippen molar-refractivity contribution in [1.29, 1.82) is 0 Å². The molecule has 3 heterocycles. The van der Waals surface area contributed by atoms with Gasteiger partial charge in [-0.1, -0.05) is 18.2 Å². The number of benzene rings is 2. The summed E-state index contributed by atoms with van der Waals surface area (Å²) in [6, 6.07) is 13.9. The van der Waals surface area contributed by atoms with Crippen LogP contribution >= 0.6 is 0 Å². The molecule has 0 fully saturated rings. The lowest BCUT2D eigenvalue weighted by atomic mass is 10.1. The second-order valence-electron chi connectivity index (χ2n) is 6.28. The molecular weight excluding hydrogens is 350 g/mol. The van der Waals surface area contributed by atoms with Crippen molar-refractivity contribution in [2.75, 3.05) is 0 Å². The summed E-state index contributed by atoms with van der Waals surface area (Å²) in [5, 5.41) is 0.164. The zero-order valence-corrected chi connectivity index (χ0v) is 13.9. The third kappa shape index (κ3) is 2.33. The fourth-order valence-electron chi connectivity index (χ4n) is 3.38. The van der Waals surface area contributed by atoms with Gasteiger partial charge >= 0.3 is 0 Å². The Morgan fingerprint density at radius 1 is 1.00 bits per heavy atom. The lowest BCUT2D eigenvalue weighted by Gasteiger charge is -2.13. The van der Waals surface area contributed by atoms with E-state index in [-0.39, 0.29) is 35.0 Å². The number of hydrogen-bond donors (Lipinski definition) is 0. The van der Waals surface area contributed by atoms with Gasteiger partial charge in [0.2, 0.25) is 0 Å². The van der Waals surface area contributed by atoms with Gasteiger partial charge in [-0.05, 0) is 42.0 Å². The van der Waals surface area contributed by atoms with E-state index in [1.807, 2.05) is 0 Å². The second-order valence-corrected chi connectivity index (χ2v) is 6.28. The second kappa shape index (κ2) is 5.74. The molecule has 27 heavy (non-hydrogen) atoms. The van der Waals surface area contributed by atoms with E-state index in [9.17, 15) is 13.6 Å². The van der Waals surface area contributed by atoms with Gasteiger partial charge in [0, 0.05) is 6.20 Å². The molecule has 2 aromatic heterocycles. The van der Waals surface area contributed by atoms with Crippen LogP contribution in [0.2, 0.25) is 0 Å². The number of rotatable bonds is 3. The number of aromatic nitrogens is 2. The van der Waals surface area contributed by atoms with Gasteiger partial charge in [0.25, 0.3) is 5.91 Å². The van der Waals surface area contributed by atoms with Gasteiger partial charge in [0.05, 0.1) is 16.6 Å². The smallest absolute Gasteiger partial charge is 0.268 e. The Kier molecular flexibility index (Phi) is 3.33. The van der Waals surface area contributed by atoms with Crippen LogP contribution in [0.1, 0.15) is 15.9 Å². The van der Waals surface area contributed by atoms with Crippen molar-refractivity contribution in [2.24, 2.45) is 0 Å². The van der Waals surface area contributed by atoms with E-state index in [2.05, 4.69) is 4.98 Å². The van der Waals surface area contributed by atoms with Crippen molar-refractivity contribution < 1.29 is 18.3 Å². The average molecular weight is 362 g/mol. The first-order valence-corrected chi connectivity index (χ1v) is 8.35. The lowest BCUT2D eigenvalue weighted by Crippen LogP contribution is -2.08. The molecule has 0 unspecified atom stereocenters. The number of halogens is 2. The first-order valence-electron chi connectivity index (χ1n) is 8.35. The molecule has 6 heteroatoms. The van der Waals surface area contributed by atoms with Crippen molar-refractivity contribution in [1.82, 2.24) is 9.55 Å². The minimum atomic E-state index is -0.513. The molecule has 0 bridgehead atoms. The number of carbonyl (C=O) groups is 1. The Morgan fingerprint density at radius 3 is 2.63 bits per heavy atom. The molecule has 0 N–H and O–H groups in total. The molecule has 1 aliphatic heterocycles. The first-order chi connectivity index (χ1) is 13.1. The molecule has 4 nitrogen and oxygen atoms in total. The molecule has 0 spiro atoms. The summed E-state index contributed by atoms with van der Waals surface area (Å²) in [5.41, 5.74) is 2.47. The molecule has 0 radical (unpaired) electrons. The number of ether oxygens (including phenoxy) is 1. The summed E-state index contributed by atoms with van der Waals surface area (Å²) in [6.07, 6.45) is 1.64. The molecule has 132 valence electrons. The molecule has 0 saturated carbocycles. The van der Waals surface area contributed by atoms with Gasteiger partial charge in [0.15, 0.2) is 0 Å². The van der Waals surface area contributed by atoms with Crippen LogP contribution in [0, 0.1) is 11.6 Å². The van der Waals surface area contributed by atoms with Gasteiger partial charge < -0.3 is 4.74 Å². The van der Waals surface area contributed by atoms with Crippen LogP contribution in [-0.4, -0.2) is 15.5 Å². The van der Waals surface area contributed by atoms with E-state index in [1.165, 1.54) is 22.8 Å². The number of nitrogens with zero attached hydrogens (tertiary/aromatic N) is 2. The third-order valence-corrected chi connectivity index (χ3v) is 4.64. The van der Waals surface area contributed by atoms with Crippen LogP contribution in [-0.2, 0) is 6.61 Å². The monoisotopic (exact) mass is 362 g/mol. The number of pyridine rings is 1. The quantitative estimate of drug-likeness (QED) is 0.472. The zero-order valence-electron chi connectivity index (χ0n) is 13.9. The summed E-state index contributed by atoms with van der Waals surface area (Å²) < 4.78 is 35.1. The lowest BCUT2D eigenvalue weighted by molar-refractivity contribution is 0.0965. The summed E-state index contributed by atoms with van der Waals surface area (Å²) in [4.78, 5) is 17.3. The Balaban J connectivity index is 1.69. The number of carbonyl (C=O) groups excluding carboxylic acids is 1. The highest BCUT2D eigenvalue weighted by molar-refractivity contribution is 6.13. The highest BCUT2D eigenvalue weighted by Crippen LogP contribution is 2.41. The molecule has 0 aliphatic carbocycles. The maximum absolute atomic E-state index is 14.6. The summed E-state index contributed by atoms with van der Waals surface area (Å²) in [6.45, 7) is 0.0718. The fraction of sp³-hybridized carbons (Fsp3) is 0.0476. The van der Waals surface area contributed by atoms with Crippen LogP contribution in [0.5, 0.6) is 5.75 Å². The standard InChI is InChI=1S/C21H12F2N2O2/c22-13-8-6-12(7-9-13)11-27-20-17-14(23)3-1-4-15(17)24-19-16-5-2-10-25(16)21(26)18(19)20/h1-10H,11H2. The van der Waals surface area contributed by atoms with Crippen molar-refractivity contribution >= 4 is 16.8 Å². The fourth-order valence-corrected chi connectivity index (χ4v) is 3.38. The largest absolute Gasteiger partial charge is 0.487 e. The molecule has 0 saturated heterocycles. The predicted molar refractivity (Wildman–Crippen MR) is 95.6 cm³/mol. The molecule has 1 aliphatic rings. The van der Waals surface area contributed by atoms with E-state index in [0.717, 1.165) is 0 Å².